The van der Waals surface area contributed by atoms with Crippen LogP contribution in [0.4, 0.5) is 0 Å². The molecule has 0 spiro atoms. The zero-order chi connectivity index (χ0) is 14.4. The number of carbonyl (C=O) groups excluding carboxylic acids is 2. The van der Waals surface area contributed by atoms with E-state index in [0.29, 0.717) is 6.42 Å². The van der Waals surface area contributed by atoms with Gasteiger partial charge in [-0.25, -0.2) is 0 Å². The number of nitrogens with one attached hydrogen (secondary N) is 1. The van der Waals surface area contributed by atoms with Crippen molar-refractivity contribution in [1.82, 2.24) is 10.2 Å². The van der Waals surface area contributed by atoms with Crippen molar-refractivity contribution in [3.63, 3.8) is 0 Å². The first-order valence-electron chi connectivity index (χ1n) is 7.24. The molecule has 0 unspecified atom stereocenters. The lowest BCUT2D eigenvalue weighted by Gasteiger charge is -2.31. The Hall–Kier alpha value is -1.84. The van der Waals surface area contributed by atoms with Crippen molar-refractivity contribution in [2.75, 3.05) is 13.1 Å². The van der Waals surface area contributed by atoms with Gasteiger partial charge in [0.2, 0.25) is 11.8 Å². The Morgan fingerprint density at radius 1 is 1.20 bits per heavy atom. The van der Waals surface area contributed by atoms with Crippen molar-refractivity contribution in [2.45, 2.75) is 38.6 Å². The number of rotatable bonds is 4. The molecule has 1 N–H and O–H groups in total. The molecule has 0 saturated carbocycles. The second kappa shape index (κ2) is 7.08. The van der Waals surface area contributed by atoms with Gasteiger partial charge in [-0.2, -0.15) is 0 Å². The van der Waals surface area contributed by atoms with Crippen LogP contribution in [-0.4, -0.2) is 35.8 Å². The molecule has 0 bridgehead atoms. The Labute approximate surface area is 120 Å². The van der Waals surface area contributed by atoms with E-state index in [-0.39, 0.29) is 17.9 Å². The van der Waals surface area contributed by atoms with Crippen LogP contribution in [0, 0.1) is 0 Å². The fraction of sp³-hybridized carbons (Fsp3) is 0.500. The molecule has 108 valence electrons. The lowest BCUT2D eigenvalue weighted by molar-refractivity contribution is -0.130. The smallest absolute Gasteiger partial charge is 0.220 e. The fourth-order valence-electron chi connectivity index (χ4n) is 2.54. The van der Waals surface area contributed by atoms with Crippen molar-refractivity contribution in [3.8, 4) is 0 Å². The van der Waals surface area contributed by atoms with Gasteiger partial charge in [0.15, 0.2) is 0 Å². The first kappa shape index (κ1) is 14.6. The molecule has 2 rings (SSSR count). The standard InChI is InChI=1S/C16H22N2O2/c1-13(19)18-11-9-15(10-12-18)17-16(20)8-7-14-5-3-2-4-6-14/h2-6,15H,7-12H2,1H3,(H,17,20). The van der Waals surface area contributed by atoms with Crippen LogP contribution in [0.3, 0.4) is 0 Å². The highest BCUT2D eigenvalue weighted by Crippen LogP contribution is 2.11. The lowest BCUT2D eigenvalue weighted by atomic mass is 10.0. The van der Waals surface area contributed by atoms with Gasteiger partial charge in [-0.3, -0.25) is 9.59 Å². The van der Waals surface area contributed by atoms with Crippen LogP contribution in [0.5, 0.6) is 0 Å². The molecular formula is C16H22N2O2. The lowest BCUT2D eigenvalue weighted by Crippen LogP contribution is -2.46. The number of hydrogen-bond acceptors (Lipinski definition) is 2. The van der Waals surface area contributed by atoms with Gasteiger partial charge >= 0.3 is 0 Å². The van der Waals surface area contributed by atoms with Crippen LogP contribution >= 0.6 is 0 Å². The van der Waals surface area contributed by atoms with Gasteiger partial charge in [-0.15, -0.1) is 0 Å². The molecule has 1 aromatic rings. The number of nitrogens with zero attached hydrogens (tertiary/aromatic N) is 1. The van der Waals surface area contributed by atoms with Gasteiger partial charge in [0, 0.05) is 32.5 Å². The topological polar surface area (TPSA) is 49.4 Å². The number of aryl methyl sites for hydroxylation is 1. The molecule has 1 fully saturated rings. The third-order valence-electron chi connectivity index (χ3n) is 3.79. The Balaban J connectivity index is 1.69. The van der Waals surface area contributed by atoms with E-state index in [1.165, 1.54) is 5.56 Å². The third kappa shape index (κ3) is 4.37. The van der Waals surface area contributed by atoms with E-state index >= 15 is 0 Å². The monoisotopic (exact) mass is 274 g/mol. The summed E-state index contributed by atoms with van der Waals surface area (Å²) in [5.74, 6) is 0.231. The number of piperidine rings is 1. The number of amides is 2. The molecule has 1 aliphatic rings. The van der Waals surface area contributed by atoms with E-state index in [2.05, 4.69) is 5.32 Å². The first-order chi connectivity index (χ1) is 9.65. The van der Waals surface area contributed by atoms with Crippen LogP contribution in [0.15, 0.2) is 30.3 Å². The molecule has 0 aromatic heterocycles. The van der Waals surface area contributed by atoms with Crippen molar-refractivity contribution in [2.24, 2.45) is 0 Å². The number of benzene rings is 1. The molecule has 0 aliphatic carbocycles. The highest BCUT2D eigenvalue weighted by molar-refractivity contribution is 5.76. The Morgan fingerprint density at radius 3 is 2.45 bits per heavy atom. The average molecular weight is 274 g/mol. The van der Waals surface area contributed by atoms with Crippen molar-refractivity contribution in [3.05, 3.63) is 35.9 Å². The van der Waals surface area contributed by atoms with Crippen LogP contribution in [0.25, 0.3) is 0 Å². The summed E-state index contributed by atoms with van der Waals surface area (Å²) in [7, 11) is 0. The third-order valence-corrected chi connectivity index (χ3v) is 3.79. The van der Waals surface area contributed by atoms with Gasteiger partial charge in [-0.05, 0) is 24.8 Å². The molecule has 4 heteroatoms. The van der Waals surface area contributed by atoms with E-state index < -0.39 is 0 Å². The van der Waals surface area contributed by atoms with Gasteiger partial charge in [0.1, 0.15) is 0 Å². The van der Waals surface area contributed by atoms with Crippen LogP contribution < -0.4 is 5.32 Å². The second-order valence-electron chi connectivity index (χ2n) is 5.33. The highest BCUT2D eigenvalue weighted by atomic mass is 16.2. The van der Waals surface area contributed by atoms with Gasteiger partial charge in [0.05, 0.1) is 0 Å². The molecule has 1 aromatic carbocycles. The number of likely N-dealkylation sites (tertiary alicyclic amines) is 1. The van der Waals surface area contributed by atoms with Crippen molar-refractivity contribution in [1.29, 1.82) is 0 Å². The highest BCUT2D eigenvalue weighted by Gasteiger charge is 2.21. The summed E-state index contributed by atoms with van der Waals surface area (Å²) >= 11 is 0. The summed E-state index contributed by atoms with van der Waals surface area (Å²) in [5.41, 5.74) is 1.19. The zero-order valence-corrected chi connectivity index (χ0v) is 12.0. The van der Waals surface area contributed by atoms with E-state index in [1.54, 1.807) is 6.92 Å². The number of hydrogen-bond donors (Lipinski definition) is 1. The molecule has 4 nitrogen and oxygen atoms in total. The summed E-state index contributed by atoms with van der Waals surface area (Å²) in [6, 6.07) is 10.3. The minimum atomic E-state index is 0.107. The fourth-order valence-corrected chi connectivity index (χ4v) is 2.54. The van der Waals surface area contributed by atoms with Gasteiger partial charge in [0.25, 0.3) is 0 Å². The molecule has 2 amide bonds. The number of carbonyl (C=O) groups is 2. The van der Waals surface area contributed by atoms with E-state index in [1.807, 2.05) is 35.2 Å². The van der Waals surface area contributed by atoms with E-state index in [9.17, 15) is 9.59 Å². The molecule has 0 radical (unpaired) electrons. The largest absolute Gasteiger partial charge is 0.353 e. The quantitative estimate of drug-likeness (QED) is 0.909. The molecule has 1 saturated heterocycles. The molecule has 1 aliphatic heterocycles. The molecular weight excluding hydrogens is 252 g/mol. The maximum atomic E-state index is 11.9. The van der Waals surface area contributed by atoms with E-state index in [4.69, 9.17) is 0 Å². The van der Waals surface area contributed by atoms with Gasteiger partial charge in [-0.1, -0.05) is 30.3 Å². The van der Waals surface area contributed by atoms with Crippen molar-refractivity contribution >= 4 is 11.8 Å². The molecule has 0 atom stereocenters. The van der Waals surface area contributed by atoms with E-state index in [0.717, 1.165) is 32.4 Å². The van der Waals surface area contributed by atoms with Crippen molar-refractivity contribution < 1.29 is 9.59 Å². The summed E-state index contributed by atoms with van der Waals surface area (Å²) < 4.78 is 0. The predicted molar refractivity (Wildman–Crippen MR) is 78.2 cm³/mol. The average Bonchev–Trinajstić information content (AvgIpc) is 2.47. The molecule has 20 heavy (non-hydrogen) atoms. The Morgan fingerprint density at radius 2 is 1.85 bits per heavy atom. The summed E-state index contributed by atoms with van der Waals surface area (Å²) in [5, 5.41) is 3.07. The summed E-state index contributed by atoms with van der Waals surface area (Å²) in [6.45, 7) is 3.09. The Kier molecular flexibility index (Phi) is 5.16. The van der Waals surface area contributed by atoms with Crippen LogP contribution in [0.2, 0.25) is 0 Å². The van der Waals surface area contributed by atoms with Crippen LogP contribution in [-0.2, 0) is 16.0 Å². The first-order valence-corrected chi connectivity index (χ1v) is 7.24. The summed E-state index contributed by atoms with van der Waals surface area (Å²) in [4.78, 5) is 25.0. The SMILES string of the molecule is CC(=O)N1CCC(NC(=O)CCc2ccccc2)CC1. The Bertz CT molecular complexity index is 451. The minimum Gasteiger partial charge on any atom is -0.353 e. The minimum absolute atomic E-state index is 0.107. The predicted octanol–water partition coefficient (Wildman–Crippen LogP) is 1.75. The normalized spacial score (nSPS) is 15.9. The zero-order valence-electron chi connectivity index (χ0n) is 12.0. The van der Waals surface area contributed by atoms with Gasteiger partial charge < -0.3 is 10.2 Å². The second-order valence-corrected chi connectivity index (χ2v) is 5.33. The summed E-state index contributed by atoms with van der Waals surface area (Å²) in [6.07, 6.45) is 3.02. The van der Waals surface area contributed by atoms with Crippen LogP contribution in [0.1, 0.15) is 31.7 Å². The maximum Gasteiger partial charge on any atom is 0.220 e. The maximum absolute atomic E-state index is 11.9. The molecule has 1 heterocycles.